The Morgan fingerprint density at radius 3 is 1.83 bits per heavy atom. The van der Waals surface area contributed by atoms with E-state index in [1.807, 2.05) is 6.92 Å². The molecule has 0 aliphatic rings. The van der Waals surface area contributed by atoms with Crippen molar-refractivity contribution in [1.29, 1.82) is 0 Å². The molecule has 2 nitrogen and oxygen atoms in total. The molecule has 0 fully saturated rings. The zero-order valence-electron chi connectivity index (χ0n) is 15.8. The second-order valence-corrected chi connectivity index (χ2v) is 6.24. The molecule has 1 aromatic carbocycles. The van der Waals surface area contributed by atoms with Crippen molar-refractivity contribution in [2.75, 3.05) is 6.61 Å². The number of rotatable bonds is 10. The Morgan fingerprint density at radius 2 is 1.30 bits per heavy atom. The van der Waals surface area contributed by atoms with Crippen LogP contribution in [0.15, 0.2) is 6.07 Å². The molecule has 0 aromatic heterocycles. The second-order valence-electron chi connectivity index (χ2n) is 6.24. The highest BCUT2D eigenvalue weighted by molar-refractivity contribution is 5.92. The molecule has 0 saturated heterocycles. The van der Waals surface area contributed by atoms with Gasteiger partial charge in [0.05, 0.1) is 12.2 Å². The third kappa shape index (κ3) is 5.09. The fourth-order valence-electron chi connectivity index (χ4n) is 3.42. The molecule has 0 amide bonds. The quantitative estimate of drug-likeness (QED) is 0.519. The number of aryl methyl sites for hydroxylation is 1. The van der Waals surface area contributed by atoms with Crippen LogP contribution in [0.2, 0.25) is 0 Å². The van der Waals surface area contributed by atoms with Gasteiger partial charge in [0.1, 0.15) is 0 Å². The van der Waals surface area contributed by atoms with Crippen LogP contribution < -0.4 is 0 Å². The number of ether oxygens (including phenoxy) is 1. The maximum atomic E-state index is 12.5. The fraction of sp³-hybridized carbons (Fsp3) is 0.667. The van der Waals surface area contributed by atoms with Crippen molar-refractivity contribution in [3.05, 3.63) is 33.9 Å². The van der Waals surface area contributed by atoms with Crippen molar-refractivity contribution < 1.29 is 9.53 Å². The van der Waals surface area contributed by atoms with Gasteiger partial charge in [-0.15, -0.1) is 0 Å². The number of hydrogen-bond donors (Lipinski definition) is 0. The fourth-order valence-corrected chi connectivity index (χ4v) is 3.42. The SMILES string of the molecule is CCCc1cc(C(=O)OCC)c(CCC)c(CCC)c1CCC. The first kappa shape index (κ1) is 19.7. The molecular weight excluding hydrogens is 284 g/mol. The van der Waals surface area contributed by atoms with Crippen molar-refractivity contribution in [2.45, 2.75) is 86.0 Å². The highest BCUT2D eigenvalue weighted by atomic mass is 16.5. The molecule has 1 aromatic rings. The first-order chi connectivity index (χ1) is 11.1. The predicted octanol–water partition coefficient (Wildman–Crippen LogP) is 5.67. The molecule has 0 unspecified atom stereocenters. The first-order valence-corrected chi connectivity index (χ1v) is 9.47. The van der Waals surface area contributed by atoms with Crippen LogP contribution in [0.4, 0.5) is 0 Å². The van der Waals surface area contributed by atoms with Gasteiger partial charge in [-0.05, 0) is 60.9 Å². The van der Waals surface area contributed by atoms with Crippen LogP contribution in [-0.4, -0.2) is 12.6 Å². The molecular formula is C21H34O2. The van der Waals surface area contributed by atoms with Gasteiger partial charge >= 0.3 is 5.97 Å². The highest BCUT2D eigenvalue weighted by Gasteiger charge is 2.21. The van der Waals surface area contributed by atoms with Gasteiger partial charge in [0.2, 0.25) is 0 Å². The first-order valence-electron chi connectivity index (χ1n) is 9.47. The molecule has 0 heterocycles. The van der Waals surface area contributed by atoms with Gasteiger partial charge in [-0.3, -0.25) is 0 Å². The summed E-state index contributed by atoms with van der Waals surface area (Å²) >= 11 is 0. The average Bonchev–Trinajstić information content (AvgIpc) is 2.53. The van der Waals surface area contributed by atoms with Crippen LogP contribution in [0.25, 0.3) is 0 Å². The van der Waals surface area contributed by atoms with E-state index in [9.17, 15) is 4.79 Å². The summed E-state index contributed by atoms with van der Waals surface area (Å²) < 4.78 is 5.34. The Labute approximate surface area is 142 Å². The topological polar surface area (TPSA) is 26.3 Å². The minimum atomic E-state index is -0.145. The van der Waals surface area contributed by atoms with Crippen LogP contribution in [0.3, 0.4) is 0 Å². The third-order valence-corrected chi connectivity index (χ3v) is 4.27. The van der Waals surface area contributed by atoms with Crippen molar-refractivity contribution in [1.82, 2.24) is 0 Å². The van der Waals surface area contributed by atoms with Crippen molar-refractivity contribution >= 4 is 5.97 Å². The van der Waals surface area contributed by atoms with Crippen LogP contribution in [0.5, 0.6) is 0 Å². The molecule has 0 aliphatic carbocycles. The van der Waals surface area contributed by atoms with E-state index < -0.39 is 0 Å². The Hall–Kier alpha value is -1.31. The van der Waals surface area contributed by atoms with Crippen LogP contribution in [-0.2, 0) is 30.4 Å². The lowest BCUT2D eigenvalue weighted by molar-refractivity contribution is 0.0524. The van der Waals surface area contributed by atoms with Gasteiger partial charge in [-0.1, -0.05) is 53.4 Å². The summed E-state index contributed by atoms with van der Waals surface area (Å²) in [6.07, 6.45) is 8.62. The van der Waals surface area contributed by atoms with E-state index >= 15 is 0 Å². The molecule has 0 aliphatic heterocycles. The van der Waals surface area contributed by atoms with Gasteiger partial charge in [0, 0.05) is 0 Å². The molecule has 0 bridgehead atoms. The molecule has 0 saturated carbocycles. The van der Waals surface area contributed by atoms with Crippen molar-refractivity contribution in [3.8, 4) is 0 Å². The predicted molar refractivity (Wildman–Crippen MR) is 98.4 cm³/mol. The van der Waals surface area contributed by atoms with E-state index in [-0.39, 0.29) is 5.97 Å². The molecule has 0 spiro atoms. The summed E-state index contributed by atoms with van der Waals surface area (Å²) in [5, 5.41) is 0. The third-order valence-electron chi connectivity index (χ3n) is 4.27. The average molecular weight is 319 g/mol. The summed E-state index contributed by atoms with van der Waals surface area (Å²) in [6.45, 7) is 11.2. The zero-order valence-corrected chi connectivity index (χ0v) is 15.8. The lowest BCUT2D eigenvalue weighted by Crippen LogP contribution is -2.15. The second kappa shape index (κ2) is 10.5. The zero-order chi connectivity index (χ0) is 17.2. The number of carbonyl (C=O) groups excluding carboxylic acids is 1. The maximum absolute atomic E-state index is 12.5. The van der Waals surface area contributed by atoms with Crippen LogP contribution >= 0.6 is 0 Å². The van der Waals surface area contributed by atoms with Gasteiger partial charge in [-0.2, -0.15) is 0 Å². The summed E-state index contributed by atoms with van der Waals surface area (Å²) in [5.41, 5.74) is 6.37. The molecule has 0 atom stereocenters. The van der Waals surface area contributed by atoms with Crippen molar-refractivity contribution in [2.24, 2.45) is 0 Å². The van der Waals surface area contributed by atoms with Gasteiger partial charge in [-0.25, -0.2) is 4.79 Å². The van der Waals surface area contributed by atoms with Gasteiger partial charge < -0.3 is 4.74 Å². The summed E-state index contributed by atoms with van der Waals surface area (Å²) in [7, 11) is 0. The van der Waals surface area contributed by atoms with Crippen LogP contribution in [0.1, 0.15) is 92.9 Å². The minimum absolute atomic E-state index is 0.145. The molecule has 23 heavy (non-hydrogen) atoms. The Kier molecular flexibility index (Phi) is 8.98. The lowest BCUT2D eigenvalue weighted by Gasteiger charge is -2.21. The maximum Gasteiger partial charge on any atom is 0.338 e. The smallest absolute Gasteiger partial charge is 0.338 e. The van der Waals surface area contributed by atoms with Gasteiger partial charge in [0.25, 0.3) is 0 Å². The number of esters is 1. The lowest BCUT2D eigenvalue weighted by atomic mass is 9.84. The minimum Gasteiger partial charge on any atom is -0.462 e. The Bertz CT molecular complexity index is 503. The monoisotopic (exact) mass is 318 g/mol. The van der Waals surface area contributed by atoms with E-state index in [1.165, 1.54) is 22.3 Å². The van der Waals surface area contributed by atoms with E-state index in [2.05, 4.69) is 33.8 Å². The Morgan fingerprint density at radius 1 is 0.783 bits per heavy atom. The van der Waals surface area contributed by atoms with Crippen LogP contribution in [0, 0.1) is 0 Å². The summed E-state index contributed by atoms with van der Waals surface area (Å²) in [6, 6.07) is 2.14. The van der Waals surface area contributed by atoms with Gasteiger partial charge in [0.15, 0.2) is 0 Å². The summed E-state index contributed by atoms with van der Waals surface area (Å²) in [4.78, 5) is 12.5. The Balaban J connectivity index is 3.56. The summed E-state index contributed by atoms with van der Waals surface area (Å²) in [5.74, 6) is -0.145. The van der Waals surface area contributed by atoms with E-state index in [0.717, 1.165) is 56.9 Å². The molecule has 130 valence electrons. The van der Waals surface area contributed by atoms with E-state index in [4.69, 9.17) is 4.74 Å². The van der Waals surface area contributed by atoms with Crippen molar-refractivity contribution in [3.63, 3.8) is 0 Å². The van der Waals surface area contributed by atoms with E-state index in [0.29, 0.717) is 6.61 Å². The largest absolute Gasteiger partial charge is 0.462 e. The standard InChI is InChI=1S/C21H34O2/c1-6-11-16-15-20(21(22)23-10-5)19(14-9-4)18(13-8-3)17(16)12-7-2/h15H,6-14H2,1-5H3. The molecule has 1 rings (SSSR count). The molecule has 0 N–H and O–H groups in total. The number of benzene rings is 1. The highest BCUT2D eigenvalue weighted by Crippen LogP contribution is 2.29. The normalized spacial score (nSPS) is 10.8. The van der Waals surface area contributed by atoms with E-state index in [1.54, 1.807) is 0 Å². The molecule has 0 radical (unpaired) electrons. The molecule has 2 heteroatoms. The number of hydrogen-bond acceptors (Lipinski definition) is 2. The number of carbonyl (C=O) groups is 1.